The van der Waals surface area contributed by atoms with Gasteiger partial charge in [-0.1, -0.05) is 27.7 Å². The van der Waals surface area contributed by atoms with Gasteiger partial charge in [-0.05, 0) is 0 Å². The zero-order valence-electron chi connectivity index (χ0n) is 7.81. The Labute approximate surface area is 95.3 Å². The zero-order chi connectivity index (χ0) is 7.98. The van der Waals surface area contributed by atoms with Crippen molar-refractivity contribution in [3.8, 4) is 0 Å². The van der Waals surface area contributed by atoms with Crippen LogP contribution < -0.4 is 0 Å². The summed E-state index contributed by atoms with van der Waals surface area (Å²) in [5.74, 6) is 0. The van der Waals surface area contributed by atoms with E-state index in [-0.39, 0.29) is 32.7 Å². The van der Waals surface area contributed by atoms with Gasteiger partial charge in [0.25, 0.3) is 0 Å². The molecule has 0 aliphatic heterocycles. The Morgan fingerprint density at radius 2 is 1.64 bits per heavy atom. The molecule has 11 heavy (non-hydrogen) atoms. The molecular weight excluding hydrogens is 209 g/mol. The van der Waals surface area contributed by atoms with Gasteiger partial charge in [-0.3, -0.25) is 0 Å². The monoisotopic (exact) mass is 224 g/mol. The Balaban J connectivity index is 0. The molecule has 1 heteroatoms. The average Bonchev–Trinajstić information content (AvgIpc) is 2.00. The number of benzene rings is 1. The molecule has 1 aromatic rings. The third-order valence-corrected chi connectivity index (χ3v) is 1.12. The summed E-state index contributed by atoms with van der Waals surface area (Å²) in [6.45, 7) is 8.11. The molecule has 0 saturated heterocycles. The van der Waals surface area contributed by atoms with Gasteiger partial charge in [0.2, 0.25) is 0 Å². The van der Waals surface area contributed by atoms with E-state index in [1.165, 1.54) is 11.1 Å². The first-order chi connectivity index (χ1) is 4.79. The van der Waals surface area contributed by atoms with Crippen LogP contribution in [0.3, 0.4) is 0 Å². The van der Waals surface area contributed by atoms with Crippen molar-refractivity contribution in [2.45, 2.75) is 27.7 Å². The van der Waals surface area contributed by atoms with Crippen molar-refractivity contribution < 1.29 is 32.7 Å². The summed E-state index contributed by atoms with van der Waals surface area (Å²) in [5, 5.41) is 0. The topological polar surface area (TPSA) is 0 Å². The maximum Gasteiger partial charge on any atom is 0 e. The van der Waals surface area contributed by atoms with Gasteiger partial charge in [0.05, 0.1) is 0 Å². The molecule has 0 bridgehead atoms. The molecule has 0 fully saturated rings. The summed E-state index contributed by atoms with van der Waals surface area (Å²) in [6.07, 6.45) is 0. The number of hydrogen-bond donors (Lipinski definition) is 0. The van der Waals surface area contributed by atoms with Gasteiger partial charge >= 0.3 is 0 Å². The number of aryl methyl sites for hydroxylation is 2. The first kappa shape index (κ1) is 13.9. The van der Waals surface area contributed by atoms with Gasteiger partial charge < -0.3 is 0 Å². The predicted molar refractivity (Wildman–Crippen MR) is 46.1 cm³/mol. The van der Waals surface area contributed by atoms with E-state index in [0.29, 0.717) is 0 Å². The largest absolute Gasteiger partial charge is 0.180 e. The molecule has 1 aromatic carbocycles. The van der Waals surface area contributed by atoms with Crippen molar-refractivity contribution in [1.29, 1.82) is 0 Å². The maximum absolute atomic E-state index is 3.10. The quantitative estimate of drug-likeness (QED) is 0.594. The van der Waals surface area contributed by atoms with Gasteiger partial charge in [0.1, 0.15) is 0 Å². The molecule has 59 valence electrons. The Kier molecular flexibility index (Phi) is 10.6. The molecule has 0 aliphatic carbocycles. The van der Waals surface area contributed by atoms with Gasteiger partial charge in [0.15, 0.2) is 0 Å². The maximum atomic E-state index is 3.10. The molecule has 0 heterocycles. The first-order valence-electron chi connectivity index (χ1n) is 3.74. The van der Waals surface area contributed by atoms with Crippen LogP contribution in [0.2, 0.25) is 0 Å². The molecule has 0 spiro atoms. The van der Waals surface area contributed by atoms with Gasteiger partial charge in [-0.15, -0.1) is 0 Å². The molecule has 0 aliphatic rings. The van der Waals surface area contributed by atoms with E-state index in [1.54, 1.807) is 0 Å². The third-order valence-electron chi connectivity index (χ3n) is 1.12. The standard InChI is InChI=1S/C8H9.C2H6.Y/c1-7-3-5-8(2)6-4-7;1-2;/h3-5H,1-2H3;1-2H3;/q-1;;. The van der Waals surface area contributed by atoms with Crippen LogP contribution in [-0.4, -0.2) is 0 Å². The van der Waals surface area contributed by atoms with Crippen molar-refractivity contribution >= 4 is 0 Å². The summed E-state index contributed by atoms with van der Waals surface area (Å²) in [5.41, 5.74) is 2.48. The second-order valence-corrected chi connectivity index (χ2v) is 2.05. The van der Waals surface area contributed by atoms with Crippen LogP contribution >= 0.6 is 0 Å². The molecule has 0 amide bonds. The van der Waals surface area contributed by atoms with E-state index in [2.05, 4.69) is 25.1 Å². The fourth-order valence-electron chi connectivity index (χ4n) is 0.580. The van der Waals surface area contributed by atoms with Crippen molar-refractivity contribution in [2.24, 2.45) is 0 Å². The summed E-state index contributed by atoms with van der Waals surface area (Å²) in [6, 6.07) is 9.25. The van der Waals surface area contributed by atoms with Crippen LogP contribution in [0.15, 0.2) is 18.2 Å². The van der Waals surface area contributed by atoms with Crippen LogP contribution in [-0.2, 0) is 32.7 Å². The predicted octanol–water partition coefficient (Wildman–Crippen LogP) is 3.13. The minimum absolute atomic E-state index is 0. The van der Waals surface area contributed by atoms with Crippen molar-refractivity contribution in [1.82, 2.24) is 0 Å². The normalized spacial score (nSPS) is 7.27. The second kappa shape index (κ2) is 8.42. The molecule has 1 rings (SSSR count). The Hall–Kier alpha value is 0.324. The molecule has 0 saturated carbocycles. The van der Waals surface area contributed by atoms with E-state index < -0.39 is 0 Å². The fraction of sp³-hybridized carbons (Fsp3) is 0.400. The Morgan fingerprint density at radius 3 is 1.91 bits per heavy atom. The summed E-state index contributed by atoms with van der Waals surface area (Å²) in [7, 11) is 0. The van der Waals surface area contributed by atoms with E-state index in [1.807, 2.05) is 26.8 Å². The van der Waals surface area contributed by atoms with Gasteiger partial charge in [-0.25, -0.2) is 0 Å². The van der Waals surface area contributed by atoms with Crippen LogP contribution in [0.5, 0.6) is 0 Å². The summed E-state index contributed by atoms with van der Waals surface area (Å²) < 4.78 is 0. The smallest absolute Gasteiger partial charge is 0 e. The minimum atomic E-state index is 0. The van der Waals surface area contributed by atoms with Crippen LogP contribution in [0.25, 0.3) is 0 Å². The number of hydrogen-bond acceptors (Lipinski definition) is 0. The zero-order valence-corrected chi connectivity index (χ0v) is 10.6. The number of rotatable bonds is 0. The molecule has 1 radical (unpaired) electrons. The van der Waals surface area contributed by atoms with E-state index in [9.17, 15) is 0 Å². The van der Waals surface area contributed by atoms with Crippen LogP contribution in [0.4, 0.5) is 0 Å². The third kappa shape index (κ3) is 6.71. The van der Waals surface area contributed by atoms with E-state index >= 15 is 0 Å². The second-order valence-electron chi connectivity index (χ2n) is 2.05. The van der Waals surface area contributed by atoms with Gasteiger partial charge in [-0.2, -0.15) is 35.4 Å². The van der Waals surface area contributed by atoms with Crippen LogP contribution in [0.1, 0.15) is 25.0 Å². The van der Waals surface area contributed by atoms with E-state index in [0.717, 1.165) is 0 Å². The van der Waals surface area contributed by atoms with Crippen LogP contribution in [0, 0.1) is 19.9 Å². The summed E-state index contributed by atoms with van der Waals surface area (Å²) in [4.78, 5) is 0. The van der Waals surface area contributed by atoms with Crippen molar-refractivity contribution in [2.75, 3.05) is 0 Å². The average molecular weight is 224 g/mol. The van der Waals surface area contributed by atoms with Gasteiger partial charge in [0, 0.05) is 32.7 Å². The minimum Gasteiger partial charge on any atom is -0.180 e. The molecule has 0 nitrogen and oxygen atoms in total. The SMILES string of the molecule is CC.Cc1[c-]cc(C)cc1.[Y]. The summed E-state index contributed by atoms with van der Waals surface area (Å²) >= 11 is 0. The van der Waals surface area contributed by atoms with Crippen molar-refractivity contribution in [3.05, 3.63) is 35.4 Å². The first-order valence-corrected chi connectivity index (χ1v) is 3.74. The Bertz CT molecular complexity index is 144. The molecular formula is C10H15Y-. The Morgan fingerprint density at radius 1 is 1.09 bits per heavy atom. The molecule has 0 unspecified atom stereocenters. The van der Waals surface area contributed by atoms with E-state index in [4.69, 9.17) is 0 Å². The fourth-order valence-corrected chi connectivity index (χ4v) is 0.580. The molecule has 0 aromatic heterocycles. The van der Waals surface area contributed by atoms with Crippen molar-refractivity contribution in [3.63, 3.8) is 0 Å². The molecule has 0 atom stereocenters. The molecule has 0 N–H and O–H groups in total.